The van der Waals surface area contributed by atoms with Crippen LogP contribution in [0.4, 0.5) is 16.3 Å². The van der Waals surface area contributed by atoms with Crippen LogP contribution in [0.3, 0.4) is 0 Å². The summed E-state index contributed by atoms with van der Waals surface area (Å²) in [6, 6.07) is 9.19. The number of hydrogen-bond donors (Lipinski definition) is 2. The number of aromatic nitrogens is 3. The summed E-state index contributed by atoms with van der Waals surface area (Å²) in [5, 5.41) is 10.1. The van der Waals surface area contributed by atoms with Gasteiger partial charge in [0, 0.05) is 34.5 Å². The van der Waals surface area contributed by atoms with Crippen molar-refractivity contribution >= 4 is 29.2 Å². The molecule has 0 aliphatic heterocycles. The first kappa shape index (κ1) is 21.2. The monoisotopic (exact) mass is 445 g/mol. The lowest BCUT2D eigenvalue weighted by atomic mass is 9.98. The van der Waals surface area contributed by atoms with Crippen LogP contribution >= 0.6 is 0 Å². The number of benzene rings is 1. The van der Waals surface area contributed by atoms with E-state index >= 15 is 0 Å². The number of nitrogens with zero attached hydrogens (tertiary/aromatic N) is 3. The first-order valence-corrected chi connectivity index (χ1v) is 11.4. The van der Waals surface area contributed by atoms with E-state index in [2.05, 4.69) is 29.6 Å². The Morgan fingerprint density at radius 1 is 1.21 bits per heavy atom. The summed E-state index contributed by atoms with van der Waals surface area (Å²) in [6.07, 6.45) is 7.16. The number of carbonyl (C=O) groups excluding carboxylic acids is 2. The predicted molar refractivity (Wildman–Crippen MR) is 125 cm³/mol. The minimum absolute atomic E-state index is 0.0785. The van der Waals surface area contributed by atoms with Crippen molar-refractivity contribution in [3.63, 3.8) is 0 Å². The van der Waals surface area contributed by atoms with Gasteiger partial charge in [-0.25, -0.2) is 9.78 Å². The maximum Gasteiger partial charge on any atom is 0.413 e. The molecule has 0 unspecified atom stereocenters. The van der Waals surface area contributed by atoms with Crippen molar-refractivity contribution in [2.75, 3.05) is 10.6 Å². The standard InChI is InChI=1S/C25H27N5O3/c1-15(2)20-13-26-30-22(12-21(17-9-10-17)28-23(20)30)29-25(32)33-14-16-5-3-8-19(11-16)27-24(31)18-6-4-7-18/h3,5-6,8,11-13,15,17H,4,7,9-10,14H2,1-2H3,(H,27,31)(H,29,32). The van der Waals surface area contributed by atoms with E-state index in [1.807, 2.05) is 36.4 Å². The summed E-state index contributed by atoms with van der Waals surface area (Å²) in [6.45, 7) is 4.28. The maximum atomic E-state index is 12.6. The van der Waals surface area contributed by atoms with E-state index in [1.54, 1.807) is 10.7 Å². The molecule has 0 atom stereocenters. The molecule has 8 nitrogen and oxygen atoms in total. The molecule has 2 aromatic heterocycles. The molecule has 1 aromatic carbocycles. The third-order valence-corrected chi connectivity index (χ3v) is 6.02. The van der Waals surface area contributed by atoms with Crippen LogP contribution in [0.5, 0.6) is 0 Å². The number of anilines is 2. The van der Waals surface area contributed by atoms with Gasteiger partial charge in [-0.1, -0.05) is 32.1 Å². The van der Waals surface area contributed by atoms with Gasteiger partial charge in [-0.3, -0.25) is 10.1 Å². The lowest BCUT2D eigenvalue weighted by Crippen LogP contribution is -2.18. The van der Waals surface area contributed by atoms with Crippen LogP contribution in [0.2, 0.25) is 0 Å². The van der Waals surface area contributed by atoms with Crippen molar-refractivity contribution in [3.05, 3.63) is 65.0 Å². The molecule has 170 valence electrons. The molecule has 2 N–H and O–H groups in total. The Kier molecular flexibility index (Phi) is 5.58. The highest BCUT2D eigenvalue weighted by Crippen LogP contribution is 2.40. The average molecular weight is 446 g/mol. The lowest BCUT2D eigenvalue weighted by Gasteiger charge is -2.14. The maximum absolute atomic E-state index is 12.6. The Balaban J connectivity index is 1.27. The van der Waals surface area contributed by atoms with Gasteiger partial charge in [-0.15, -0.1) is 0 Å². The molecule has 2 heterocycles. The fourth-order valence-corrected chi connectivity index (χ4v) is 3.82. The minimum atomic E-state index is -0.570. The van der Waals surface area contributed by atoms with Gasteiger partial charge >= 0.3 is 6.09 Å². The molecule has 2 aliphatic rings. The SMILES string of the molecule is CC(C)c1cnn2c(NC(=O)OCc3cccc(NC(=O)C4=CCC4)c3)cc(C3CC3)nc12. The Labute approximate surface area is 192 Å². The first-order chi connectivity index (χ1) is 16.0. The van der Waals surface area contributed by atoms with Crippen LogP contribution in [0.25, 0.3) is 5.65 Å². The highest BCUT2D eigenvalue weighted by molar-refractivity contribution is 6.04. The number of ether oxygens (including phenoxy) is 1. The van der Waals surface area contributed by atoms with Crippen LogP contribution in [-0.4, -0.2) is 26.6 Å². The van der Waals surface area contributed by atoms with E-state index in [4.69, 9.17) is 9.72 Å². The number of nitrogens with one attached hydrogen (secondary N) is 2. The number of fused-ring (bicyclic) bond motifs is 1. The second-order valence-electron chi connectivity index (χ2n) is 8.95. The second kappa shape index (κ2) is 8.69. The zero-order valence-corrected chi connectivity index (χ0v) is 18.8. The molecular formula is C25H27N5O3. The molecule has 0 bridgehead atoms. The molecule has 8 heteroatoms. The Morgan fingerprint density at radius 3 is 2.73 bits per heavy atom. The van der Waals surface area contributed by atoms with Gasteiger partial charge in [0.15, 0.2) is 5.65 Å². The van der Waals surface area contributed by atoms with Gasteiger partial charge in [-0.2, -0.15) is 9.61 Å². The number of allylic oxidation sites excluding steroid dienone is 1. The first-order valence-electron chi connectivity index (χ1n) is 11.4. The summed E-state index contributed by atoms with van der Waals surface area (Å²) < 4.78 is 7.12. The number of amides is 2. The van der Waals surface area contributed by atoms with Crippen LogP contribution in [-0.2, 0) is 16.1 Å². The molecule has 1 fully saturated rings. The molecule has 2 amide bonds. The quantitative estimate of drug-likeness (QED) is 0.525. The lowest BCUT2D eigenvalue weighted by molar-refractivity contribution is -0.113. The van der Waals surface area contributed by atoms with Gasteiger partial charge in [0.1, 0.15) is 12.4 Å². The normalized spacial score (nSPS) is 15.2. The number of carbonyl (C=O) groups is 2. The summed E-state index contributed by atoms with van der Waals surface area (Å²) in [7, 11) is 0. The third kappa shape index (κ3) is 4.60. The summed E-state index contributed by atoms with van der Waals surface area (Å²) >= 11 is 0. The highest BCUT2D eigenvalue weighted by Gasteiger charge is 2.27. The van der Waals surface area contributed by atoms with Crippen molar-refractivity contribution in [2.24, 2.45) is 0 Å². The Hall–Kier alpha value is -3.68. The van der Waals surface area contributed by atoms with E-state index in [0.29, 0.717) is 17.4 Å². The fraction of sp³-hybridized carbons (Fsp3) is 0.360. The van der Waals surface area contributed by atoms with Gasteiger partial charge in [0.05, 0.1) is 6.20 Å². The molecule has 0 saturated heterocycles. The van der Waals surface area contributed by atoms with Crippen molar-refractivity contribution in [3.8, 4) is 0 Å². The molecule has 0 radical (unpaired) electrons. The van der Waals surface area contributed by atoms with Crippen molar-refractivity contribution in [2.45, 2.75) is 58.0 Å². The summed E-state index contributed by atoms with van der Waals surface area (Å²) in [4.78, 5) is 29.5. The second-order valence-corrected chi connectivity index (χ2v) is 8.95. The Bertz CT molecular complexity index is 1260. The molecule has 0 spiro atoms. The van der Waals surface area contributed by atoms with Crippen LogP contribution in [0, 0.1) is 0 Å². The topological polar surface area (TPSA) is 97.6 Å². The molecule has 1 saturated carbocycles. The largest absolute Gasteiger partial charge is 0.444 e. The van der Waals surface area contributed by atoms with E-state index in [0.717, 1.165) is 53.7 Å². The summed E-state index contributed by atoms with van der Waals surface area (Å²) in [5.74, 6) is 1.19. The Morgan fingerprint density at radius 2 is 2.03 bits per heavy atom. The molecule has 3 aromatic rings. The van der Waals surface area contributed by atoms with Crippen LogP contribution in [0.1, 0.15) is 68.2 Å². The average Bonchev–Trinajstić information content (AvgIpc) is 3.50. The van der Waals surface area contributed by atoms with Crippen LogP contribution in [0.15, 0.2) is 48.2 Å². The summed E-state index contributed by atoms with van der Waals surface area (Å²) in [5.41, 5.74) is 5.07. The molecule has 2 aliphatic carbocycles. The van der Waals surface area contributed by atoms with Gasteiger partial charge in [0.2, 0.25) is 0 Å². The predicted octanol–water partition coefficient (Wildman–Crippen LogP) is 5.14. The molecule has 33 heavy (non-hydrogen) atoms. The molecule has 5 rings (SSSR count). The van der Waals surface area contributed by atoms with Gasteiger partial charge < -0.3 is 10.1 Å². The van der Waals surface area contributed by atoms with Crippen molar-refractivity contribution < 1.29 is 14.3 Å². The third-order valence-electron chi connectivity index (χ3n) is 6.02. The fourth-order valence-electron chi connectivity index (χ4n) is 3.82. The smallest absolute Gasteiger partial charge is 0.413 e. The van der Waals surface area contributed by atoms with E-state index < -0.39 is 6.09 Å². The van der Waals surface area contributed by atoms with Gasteiger partial charge in [0.25, 0.3) is 5.91 Å². The van der Waals surface area contributed by atoms with E-state index in [-0.39, 0.29) is 18.4 Å². The van der Waals surface area contributed by atoms with E-state index in [9.17, 15) is 9.59 Å². The molecular weight excluding hydrogens is 418 g/mol. The van der Waals surface area contributed by atoms with E-state index in [1.165, 1.54) is 0 Å². The van der Waals surface area contributed by atoms with Crippen molar-refractivity contribution in [1.82, 2.24) is 14.6 Å². The van der Waals surface area contributed by atoms with Crippen molar-refractivity contribution in [1.29, 1.82) is 0 Å². The number of hydrogen-bond acceptors (Lipinski definition) is 5. The van der Waals surface area contributed by atoms with Gasteiger partial charge in [-0.05, 0) is 49.3 Å². The zero-order chi connectivity index (χ0) is 22.9. The zero-order valence-electron chi connectivity index (χ0n) is 18.8. The highest BCUT2D eigenvalue weighted by atomic mass is 16.5. The van der Waals surface area contributed by atoms with Crippen LogP contribution < -0.4 is 10.6 Å². The number of rotatable bonds is 7. The minimum Gasteiger partial charge on any atom is -0.444 e.